The summed E-state index contributed by atoms with van der Waals surface area (Å²) in [4.78, 5) is 0. The van der Waals surface area contributed by atoms with E-state index in [1.807, 2.05) is 13.8 Å². The smallest absolute Gasteiger partial charge is 0.105 e. The molecule has 0 bridgehead atoms. The van der Waals surface area contributed by atoms with Crippen LogP contribution in [0.1, 0.15) is 26.7 Å². The van der Waals surface area contributed by atoms with Crippen molar-refractivity contribution < 1.29 is 4.39 Å². The molecule has 2 atom stereocenters. The van der Waals surface area contributed by atoms with Gasteiger partial charge in [0.2, 0.25) is 0 Å². The molecule has 0 aromatic carbocycles. The van der Waals surface area contributed by atoms with Crippen LogP contribution in [0.5, 0.6) is 0 Å². The molecule has 0 aliphatic heterocycles. The minimum absolute atomic E-state index is 0.0432. The molecular weight excluding hydrogens is 153 g/mol. The summed E-state index contributed by atoms with van der Waals surface area (Å²) in [7, 11) is 0. The first-order valence-electron chi connectivity index (χ1n) is 4.41. The normalized spacial score (nSPS) is 15.7. The summed E-state index contributed by atoms with van der Waals surface area (Å²) in [6.07, 6.45) is 5.15. The highest BCUT2D eigenvalue weighted by atomic mass is 19.1. The molecule has 12 heavy (non-hydrogen) atoms. The first kappa shape index (κ1) is 11.4. The van der Waals surface area contributed by atoms with E-state index in [-0.39, 0.29) is 5.92 Å². The van der Waals surface area contributed by atoms with Crippen molar-refractivity contribution in [3.05, 3.63) is 0 Å². The molecule has 70 valence electrons. The van der Waals surface area contributed by atoms with E-state index in [2.05, 4.69) is 5.92 Å². The van der Waals surface area contributed by atoms with Gasteiger partial charge in [-0.2, -0.15) is 0 Å². The fourth-order valence-electron chi connectivity index (χ4n) is 1.27. The quantitative estimate of drug-likeness (QED) is 0.629. The van der Waals surface area contributed by atoms with Crippen molar-refractivity contribution in [3.63, 3.8) is 0 Å². The molecule has 0 amide bonds. The van der Waals surface area contributed by atoms with Gasteiger partial charge in [-0.3, -0.25) is 0 Å². The van der Waals surface area contributed by atoms with Gasteiger partial charge in [0, 0.05) is 12.3 Å². The highest BCUT2D eigenvalue weighted by molar-refractivity contribution is 4.86. The zero-order valence-electron chi connectivity index (χ0n) is 7.89. The molecule has 0 aromatic rings. The Kier molecular flexibility index (Phi) is 5.74. The van der Waals surface area contributed by atoms with Crippen LogP contribution in [-0.2, 0) is 0 Å². The molecular formula is C10H18FN. The molecule has 0 saturated heterocycles. The summed E-state index contributed by atoms with van der Waals surface area (Å²) in [5.41, 5.74) is 5.45. The number of terminal acetylenes is 1. The molecule has 0 saturated carbocycles. The van der Waals surface area contributed by atoms with Gasteiger partial charge in [-0.05, 0) is 18.9 Å². The second-order valence-electron chi connectivity index (χ2n) is 3.40. The Bertz CT molecular complexity index is 148. The van der Waals surface area contributed by atoms with E-state index in [9.17, 15) is 4.39 Å². The maximum atomic E-state index is 13.3. The molecule has 0 radical (unpaired) electrons. The van der Waals surface area contributed by atoms with Crippen LogP contribution in [0, 0.1) is 24.2 Å². The van der Waals surface area contributed by atoms with Crippen molar-refractivity contribution in [1.29, 1.82) is 0 Å². The zero-order valence-corrected chi connectivity index (χ0v) is 7.89. The topological polar surface area (TPSA) is 26.0 Å². The second-order valence-corrected chi connectivity index (χ2v) is 3.40. The zero-order chi connectivity index (χ0) is 9.56. The summed E-state index contributed by atoms with van der Waals surface area (Å²) >= 11 is 0. The van der Waals surface area contributed by atoms with Crippen molar-refractivity contribution in [2.75, 3.05) is 6.54 Å². The number of alkyl halides is 1. The largest absolute Gasteiger partial charge is 0.330 e. The average Bonchev–Trinajstić information content (AvgIpc) is 2.01. The van der Waals surface area contributed by atoms with Crippen LogP contribution in [0.4, 0.5) is 4.39 Å². The lowest BCUT2D eigenvalue weighted by Gasteiger charge is -2.22. The molecule has 2 heteroatoms. The highest BCUT2D eigenvalue weighted by Crippen LogP contribution is 2.20. The standard InChI is InChI=1S/C10H18FN/c1-4-5-6-10(11)9(7-12)8(2)3/h1,8-10H,5-7,12H2,2-3H3. The predicted octanol–water partition coefficient (Wildman–Crippen LogP) is 1.97. The average molecular weight is 171 g/mol. The van der Waals surface area contributed by atoms with Crippen LogP contribution in [0.25, 0.3) is 0 Å². The number of hydrogen-bond acceptors (Lipinski definition) is 1. The third kappa shape index (κ3) is 3.73. The molecule has 2 unspecified atom stereocenters. The number of nitrogens with two attached hydrogens (primary N) is 1. The molecule has 2 N–H and O–H groups in total. The summed E-state index contributed by atoms with van der Waals surface area (Å²) in [6, 6.07) is 0. The Morgan fingerprint density at radius 2 is 2.08 bits per heavy atom. The highest BCUT2D eigenvalue weighted by Gasteiger charge is 2.21. The van der Waals surface area contributed by atoms with E-state index < -0.39 is 6.17 Å². The van der Waals surface area contributed by atoms with Gasteiger partial charge in [-0.15, -0.1) is 12.3 Å². The molecule has 0 fully saturated rings. The fourth-order valence-corrected chi connectivity index (χ4v) is 1.27. The Hall–Kier alpha value is -0.550. The third-order valence-corrected chi connectivity index (χ3v) is 2.16. The summed E-state index contributed by atoms with van der Waals surface area (Å²) < 4.78 is 13.3. The van der Waals surface area contributed by atoms with Gasteiger partial charge in [0.15, 0.2) is 0 Å². The predicted molar refractivity (Wildman–Crippen MR) is 50.3 cm³/mol. The van der Waals surface area contributed by atoms with Gasteiger partial charge >= 0.3 is 0 Å². The van der Waals surface area contributed by atoms with Crippen molar-refractivity contribution in [2.24, 2.45) is 17.6 Å². The van der Waals surface area contributed by atoms with Gasteiger partial charge in [0.1, 0.15) is 6.17 Å². The van der Waals surface area contributed by atoms with Crippen LogP contribution in [0.2, 0.25) is 0 Å². The first-order valence-corrected chi connectivity index (χ1v) is 4.41. The summed E-state index contributed by atoms with van der Waals surface area (Å²) in [6.45, 7) is 4.38. The van der Waals surface area contributed by atoms with Crippen LogP contribution in [0.15, 0.2) is 0 Å². The Morgan fingerprint density at radius 1 is 1.50 bits per heavy atom. The molecule has 0 spiro atoms. The second kappa shape index (κ2) is 6.02. The lowest BCUT2D eigenvalue weighted by molar-refractivity contribution is 0.177. The van der Waals surface area contributed by atoms with Crippen LogP contribution in [-0.4, -0.2) is 12.7 Å². The number of hydrogen-bond donors (Lipinski definition) is 1. The van der Waals surface area contributed by atoms with E-state index in [4.69, 9.17) is 12.2 Å². The molecule has 0 rings (SSSR count). The molecule has 0 heterocycles. The first-order chi connectivity index (χ1) is 5.63. The van der Waals surface area contributed by atoms with Gasteiger partial charge < -0.3 is 5.73 Å². The van der Waals surface area contributed by atoms with Crippen molar-refractivity contribution in [2.45, 2.75) is 32.9 Å². The fraction of sp³-hybridized carbons (Fsp3) is 0.800. The maximum Gasteiger partial charge on any atom is 0.105 e. The molecule has 0 aromatic heterocycles. The van der Waals surface area contributed by atoms with E-state index in [1.165, 1.54) is 0 Å². The van der Waals surface area contributed by atoms with E-state index in [1.54, 1.807) is 0 Å². The van der Waals surface area contributed by atoms with Crippen LogP contribution < -0.4 is 5.73 Å². The monoisotopic (exact) mass is 171 g/mol. The molecule has 0 aliphatic rings. The van der Waals surface area contributed by atoms with Crippen molar-refractivity contribution in [1.82, 2.24) is 0 Å². The van der Waals surface area contributed by atoms with Crippen LogP contribution >= 0.6 is 0 Å². The lowest BCUT2D eigenvalue weighted by Crippen LogP contribution is -2.29. The van der Waals surface area contributed by atoms with Crippen molar-refractivity contribution >= 4 is 0 Å². The minimum atomic E-state index is -0.842. The number of rotatable bonds is 5. The van der Waals surface area contributed by atoms with Gasteiger partial charge in [-0.1, -0.05) is 13.8 Å². The maximum absolute atomic E-state index is 13.3. The molecule has 0 aliphatic carbocycles. The van der Waals surface area contributed by atoms with Gasteiger partial charge in [0.05, 0.1) is 0 Å². The SMILES string of the molecule is C#CCCC(F)C(CN)C(C)C. The summed E-state index contributed by atoms with van der Waals surface area (Å²) in [5.74, 6) is 2.69. The van der Waals surface area contributed by atoms with E-state index >= 15 is 0 Å². The Balaban J connectivity index is 3.87. The van der Waals surface area contributed by atoms with E-state index in [0.717, 1.165) is 0 Å². The third-order valence-electron chi connectivity index (χ3n) is 2.16. The number of halogens is 1. The minimum Gasteiger partial charge on any atom is -0.330 e. The van der Waals surface area contributed by atoms with Gasteiger partial charge in [0.25, 0.3) is 0 Å². The van der Waals surface area contributed by atoms with Gasteiger partial charge in [-0.25, -0.2) is 4.39 Å². The van der Waals surface area contributed by atoms with Crippen molar-refractivity contribution in [3.8, 4) is 12.3 Å². The van der Waals surface area contributed by atoms with Crippen LogP contribution in [0.3, 0.4) is 0 Å². The summed E-state index contributed by atoms with van der Waals surface area (Å²) in [5, 5.41) is 0. The Morgan fingerprint density at radius 3 is 2.42 bits per heavy atom. The Labute approximate surface area is 74.5 Å². The van der Waals surface area contributed by atoms with E-state index in [0.29, 0.717) is 25.3 Å². The lowest BCUT2D eigenvalue weighted by atomic mass is 9.89. The molecule has 1 nitrogen and oxygen atoms in total.